The Morgan fingerprint density at radius 3 is 2.54 bits per heavy atom. The van der Waals surface area contributed by atoms with Gasteiger partial charge in [-0.3, -0.25) is 9.78 Å². The summed E-state index contributed by atoms with van der Waals surface area (Å²) in [7, 11) is 0. The molecule has 1 aliphatic carbocycles. The normalized spacial score (nSPS) is 12.3. The molecule has 4 nitrogen and oxygen atoms in total. The van der Waals surface area contributed by atoms with E-state index in [1.54, 1.807) is 12.1 Å². The molecule has 2 aromatic heterocycles. The molecule has 4 aromatic rings. The van der Waals surface area contributed by atoms with Crippen molar-refractivity contribution in [1.29, 1.82) is 0 Å². The van der Waals surface area contributed by atoms with Gasteiger partial charge in [0.15, 0.2) is 0 Å². The van der Waals surface area contributed by atoms with Crippen LogP contribution in [-0.4, -0.2) is 9.55 Å². The molecule has 0 amide bonds. The van der Waals surface area contributed by atoms with Crippen molar-refractivity contribution < 1.29 is 0 Å². The van der Waals surface area contributed by atoms with Crippen LogP contribution in [-0.2, 0) is 6.42 Å². The third-order valence-corrected chi connectivity index (χ3v) is 5.58. The lowest BCUT2D eigenvalue weighted by molar-refractivity contribution is 0.905. The van der Waals surface area contributed by atoms with E-state index in [9.17, 15) is 9.59 Å². The smallest absolute Gasteiger partial charge is 0.298 e. The minimum Gasteiger partial charge on any atom is -0.298 e. The minimum atomic E-state index is -0.396. The van der Waals surface area contributed by atoms with Crippen molar-refractivity contribution >= 4 is 21.6 Å². The van der Waals surface area contributed by atoms with Gasteiger partial charge in [-0.2, -0.15) is 0 Å². The highest BCUT2D eigenvalue weighted by Crippen LogP contribution is 2.44. The Bertz CT molecular complexity index is 1220. The molecule has 0 bridgehead atoms. The molecule has 2 heterocycles. The van der Waals surface area contributed by atoms with Crippen molar-refractivity contribution in [3.8, 4) is 16.8 Å². The number of hydrogen-bond acceptors (Lipinski definition) is 3. The second kappa shape index (κ2) is 4.79. The van der Waals surface area contributed by atoms with E-state index in [2.05, 4.69) is 11.1 Å². The summed E-state index contributed by atoms with van der Waals surface area (Å²) in [4.78, 5) is 30.3. The molecule has 0 saturated heterocycles. The Morgan fingerprint density at radius 2 is 1.71 bits per heavy atom. The molecule has 0 saturated carbocycles. The molecule has 0 aliphatic heterocycles. The average molecular weight is 332 g/mol. The highest BCUT2D eigenvalue weighted by atomic mass is 32.1. The monoisotopic (exact) mass is 332 g/mol. The first-order chi connectivity index (χ1) is 11.7. The average Bonchev–Trinajstić information content (AvgIpc) is 3.11. The molecule has 0 fully saturated rings. The number of hydrogen-bond donors (Lipinski definition) is 1. The van der Waals surface area contributed by atoms with Crippen LogP contribution < -0.4 is 11.2 Å². The summed E-state index contributed by atoms with van der Waals surface area (Å²) in [5.41, 5.74) is 3.24. The number of nitrogens with one attached hydrogen (secondary N) is 1. The van der Waals surface area contributed by atoms with Crippen LogP contribution in [0.5, 0.6) is 0 Å². The molecule has 1 N–H and O–H groups in total. The summed E-state index contributed by atoms with van der Waals surface area (Å²) >= 11 is 1.51. The molecule has 0 radical (unpaired) electrons. The van der Waals surface area contributed by atoms with Gasteiger partial charge >= 0.3 is 5.69 Å². The summed E-state index contributed by atoms with van der Waals surface area (Å²) in [6.07, 6.45) is 0.817. The van der Waals surface area contributed by atoms with Crippen LogP contribution in [0, 0.1) is 0 Å². The first-order valence-corrected chi connectivity index (χ1v) is 8.50. The maximum Gasteiger partial charge on any atom is 0.334 e. The molecule has 1 aliphatic rings. The summed E-state index contributed by atoms with van der Waals surface area (Å²) in [5, 5.41) is 0.614. The molecule has 2 aromatic carbocycles. The molecule has 5 heteroatoms. The van der Waals surface area contributed by atoms with Gasteiger partial charge in [0.2, 0.25) is 0 Å². The van der Waals surface area contributed by atoms with Crippen LogP contribution in [0.4, 0.5) is 0 Å². The van der Waals surface area contributed by atoms with Gasteiger partial charge in [-0.1, -0.05) is 42.5 Å². The van der Waals surface area contributed by atoms with Crippen LogP contribution in [0.1, 0.15) is 10.4 Å². The third kappa shape index (κ3) is 1.73. The lowest BCUT2D eigenvalue weighted by Crippen LogP contribution is -2.33. The number of thiophene rings is 1. The van der Waals surface area contributed by atoms with Gasteiger partial charge in [-0.25, -0.2) is 9.36 Å². The first-order valence-electron chi connectivity index (χ1n) is 7.68. The number of aromatic amines is 1. The minimum absolute atomic E-state index is 0.255. The number of H-pyrrole nitrogens is 1. The summed E-state index contributed by atoms with van der Waals surface area (Å²) in [6.45, 7) is 0. The van der Waals surface area contributed by atoms with E-state index in [0.717, 1.165) is 22.4 Å². The third-order valence-electron chi connectivity index (χ3n) is 4.47. The quantitative estimate of drug-likeness (QED) is 0.512. The zero-order chi connectivity index (χ0) is 16.3. The Kier molecular flexibility index (Phi) is 2.69. The molecular formula is C19H12N2O2S. The maximum absolute atomic E-state index is 13.1. The van der Waals surface area contributed by atoms with Crippen LogP contribution in [0.15, 0.2) is 64.2 Å². The summed E-state index contributed by atoms with van der Waals surface area (Å²) in [5.74, 6) is 0. The largest absolute Gasteiger partial charge is 0.334 e. The maximum atomic E-state index is 13.1. The second-order valence-corrected chi connectivity index (χ2v) is 6.95. The molecule has 5 rings (SSSR count). The van der Waals surface area contributed by atoms with Crippen molar-refractivity contribution in [2.45, 2.75) is 6.42 Å². The Hall–Kier alpha value is -2.92. The molecule has 0 atom stereocenters. The van der Waals surface area contributed by atoms with Crippen LogP contribution in [0.2, 0.25) is 0 Å². The number of aromatic nitrogens is 2. The second-order valence-electron chi connectivity index (χ2n) is 5.84. The molecule has 116 valence electrons. The predicted molar refractivity (Wildman–Crippen MR) is 96.3 cm³/mol. The van der Waals surface area contributed by atoms with Crippen molar-refractivity contribution in [3.05, 3.63) is 85.9 Å². The Balaban J connectivity index is 1.92. The van der Waals surface area contributed by atoms with E-state index in [0.29, 0.717) is 15.9 Å². The Labute approximate surface area is 140 Å². The van der Waals surface area contributed by atoms with E-state index in [-0.39, 0.29) is 5.56 Å². The Morgan fingerprint density at radius 1 is 0.958 bits per heavy atom. The fraction of sp³-hybridized carbons (Fsp3) is 0.0526. The fourth-order valence-corrected chi connectivity index (χ4v) is 4.66. The lowest BCUT2D eigenvalue weighted by Gasteiger charge is -2.05. The molecule has 24 heavy (non-hydrogen) atoms. The van der Waals surface area contributed by atoms with Gasteiger partial charge in [-0.15, -0.1) is 11.3 Å². The first kappa shape index (κ1) is 13.5. The number of nitrogens with zero attached hydrogens (tertiary/aromatic N) is 1. The topological polar surface area (TPSA) is 54.9 Å². The van der Waals surface area contributed by atoms with Crippen LogP contribution >= 0.6 is 11.3 Å². The van der Waals surface area contributed by atoms with E-state index >= 15 is 0 Å². The molecule has 0 spiro atoms. The van der Waals surface area contributed by atoms with Crippen molar-refractivity contribution in [3.63, 3.8) is 0 Å². The van der Waals surface area contributed by atoms with Crippen LogP contribution in [0.3, 0.4) is 0 Å². The van der Waals surface area contributed by atoms with E-state index in [1.807, 2.05) is 36.4 Å². The van der Waals surface area contributed by atoms with Crippen molar-refractivity contribution in [2.24, 2.45) is 0 Å². The van der Waals surface area contributed by atoms with E-state index < -0.39 is 5.69 Å². The van der Waals surface area contributed by atoms with E-state index in [1.165, 1.54) is 21.5 Å². The van der Waals surface area contributed by atoms with Crippen LogP contribution in [0.25, 0.3) is 27.0 Å². The van der Waals surface area contributed by atoms with Crippen molar-refractivity contribution in [2.75, 3.05) is 0 Å². The van der Waals surface area contributed by atoms with Gasteiger partial charge in [0.25, 0.3) is 5.56 Å². The highest BCUT2D eigenvalue weighted by Gasteiger charge is 2.26. The van der Waals surface area contributed by atoms with Crippen molar-refractivity contribution in [1.82, 2.24) is 9.55 Å². The molecule has 0 unspecified atom stereocenters. The van der Waals surface area contributed by atoms with E-state index in [4.69, 9.17) is 0 Å². The lowest BCUT2D eigenvalue weighted by atomic mass is 10.1. The highest BCUT2D eigenvalue weighted by molar-refractivity contribution is 7.19. The standard InChI is InChI=1S/C19H12N2O2S/c22-18-16-15-13-9-5-4-6-11(13)10-14(15)24-17(16)20-19(23)21(18)12-7-2-1-3-8-12/h1-9H,10H2,(H,20,23). The van der Waals surface area contributed by atoms with Gasteiger partial charge in [0.1, 0.15) is 4.83 Å². The number of rotatable bonds is 1. The predicted octanol–water partition coefficient (Wildman–Crippen LogP) is 3.31. The summed E-state index contributed by atoms with van der Waals surface area (Å²) < 4.78 is 1.22. The van der Waals surface area contributed by atoms with Gasteiger partial charge < -0.3 is 0 Å². The summed E-state index contributed by atoms with van der Waals surface area (Å²) in [6, 6.07) is 17.2. The zero-order valence-electron chi connectivity index (χ0n) is 12.6. The number of fused-ring (bicyclic) bond motifs is 5. The van der Waals surface area contributed by atoms with Gasteiger partial charge in [0.05, 0.1) is 11.1 Å². The number of benzene rings is 2. The van der Waals surface area contributed by atoms with Gasteiger partial charge in [0, 0.05) is 16.9 Å². The van der Waals surface area contributed by atoms with Gasteiger partial charge in [-0.05, 0) is 23.3 Å². The SMILES string of the molecule is O=c1[nH]c2sc3c(c2c(=O)n1-c1ccccc1)-c1ccccc1C3. The molecular weight excluding hydrogens is 320 g/mol. The fourth-order valence-electron chi connectivity index (χ4n) is 3.44. The number of para-hydroxylation sites is 1. The zero-order valence-corrected chi connectivity index (χ0v) is 13.4.